The molecule has 0 N–H and O–H groups in total. The second-order valence-electron chi connectivity index (χ2n) is 6.08. The molecule has 8 heteroatoms. The maximum atomic E-state index is 12.7. The zero-order chi connectivity index (χ0) is 15.1. The fraction of sp³-hybridized carbons (Fsp3) is 0.714. The van der Waals surface area contributed by atoms with Crippen LogP contribution in [0, 0.1) is 5.92 Å². The van der Waals surface area contributed by atoms with Gasteiger partial charge in [-0.2, -0.15) is 0 Å². The Hall–Kier alpha value is -1.54. The summed E-state index contributed by atoms with van der Waals surface area (Å²) in [5, 5.41) is 5.52. The van der Waals surface area contributed by atoms with Gasteiger partial charge in [0.15, 0.2) is 5.69 Å². The first-order chi connectivity index (χ1) is 10.8. The van der Waals surface area contributed by atoms with E-state index in [0.717, 1.165) is 43.9 Å². The molecule has 3 atom stereocenters. The maximum absolute atomic E-state index is 12.7. The van der Waals surface area contributed by atoms with Gasteiger partial charge in [-0.05, 0) is 30.8 Å². The summed E-state index contributed by atoms with van der Waals surface area (Å²) in [5.41, 5.74) is 0.366. The second kappa shape index (κ2) is 5.58. The van der Waals surface area contributed by atoms with Crippen molar-refractivity contribution in [1.82, 2.24) is 19.4 Å². The van der Waals surface area contributed by atoms with Crippen molar-refractivity contribution in [1.29, 1.82) is 0 Å². The summed E-state index contributed by atoms with van der Waals surface area (Å²) in [6, 6.07) is -0.00856. The number of fused-ring (bicyclic) bond motifs is 1. The quantitative estimate of drug-likeness (QED) is 0.787. The third kappa shape index (κ3) is 2.21. The van der Waals surface area contributed by atoms with E-state index in [1.165, 1.54) is 0 Å². The Bertz CT molecular complexity index is 573. The number of carbonyl (C=O) groups is 2. The van der Waals surface area contributed by atoms with Crippen molar-refractivity contribution in [2.75, 3.05) is 26.2 Å². The van der Waals surface area contributed by atoms with Gasteiger partial charge >= 0.3 is 0 Å². The van der Waals surface area contributed by atoms with Crippen LogP contribution in [0.15, 0.2) is 5.38 Å². The number of rotatable bonds is 2. The topological polar surface area (TPSA) is 75.6 Å². The first kappa shape index (κ1) is 14.1. The predicted molar refractivity (Wildman–Crippen MR) is 78.4 cm³/mol. The number of likely N-dealkylation sites (tertiary alicyclic amines) is 2. The van der Waals surface area contributed by atoms with Crippen molar-refractivity contribution >= 4 is 23.3 Å². The third-order valence-corrected chi connectivity index (χ3v) is 5.37. The summed E-state index contributed by atoms with van der Waals surface area (Å²) in [4.78, 5) is 29.0. The van der Waals surface area contributed by atoms with E-state index in [0.29, 0.717) is 18.8 Å². The Morgan fingerprint density at radius 3 is 2.86 bits per heavy atom. The largest absolute Gasteiger partial charge is 0.375 e. The molecule has 0 radical (unpaired) electrons. The number of carbonyl (C=O) groups excluding carboxylic acids is 2. The van der Waals surface area contributed by atoms with Crippen molar-refractivity contribution in [3.8, 4) is 0 Å². The van der Waals surface area contributed by atoms with Crippen molar-refractivity contribution < 1.29 is 14.3 Å². The first-order valence-electron chi connectivity index (χ1n) is 7.74. The molecule has 118 valence electrons. The van der Waals surface area contributed by atoms with Gasteiger partial charge in [-0.25, -0.2) is 0 Å². The minimum atomic E-state index is -0.235. The van der Waals surface area contributed by atoms with Crippen LogP contribution in [-0.4, -0.2) is 69.6 Å². The van der Waals surface area contributed by atoms with Crippen molar-refractivity contribution in [3.63, 3.8) is 0 Å². The average Bonchev–Trinajstić information content (AvgIpc) is 3.31. The normalized spacial score (nSPS) is 30.8. The first-order valence-corrected chi connectivity index (χ1v) is 8.58. The van der Waals surface area contributed by atoms with Gasteiger partial charge in [0.2, 0.25) is 5.91 Å². The van der Waals surface area contributed by atoms with Gasteiger partial charge in [0.25, 0.3) is 5.91 Å². The van der Waals surface area contributed by atoms with Crippen LogP contribution in [-0.2, 0) is 9.53 Å². The number of amides is 2. The minimum absolute atomic E-state index is 0.00856. The van der Waals surface area contributed by atoms with E-state index in [4.69, 9.17) is 4.74 Å². The summed E-state index contributed by atoms with van der Waals surface area (Å²) in [6.07, 6.45) is 2.77. The van der Waals surface area contributed by atoms with Crippen molar-refractivity contribution in [3.05, 3.63) is 11.1 Å². The summed E-state index contributed by atoms with van der Waals surface area (Å²) in [5.74, 6) is -0.229. The lowest BCUT2D eigenvalue weighted by molar-refractivity contribution is -0.137. The van der Waals surface area contributed by atoms with E-state index in [1.807, 2.05) is 4.90 Å². The lowest BCUT2D eigenvalue weighted by Gasteiger charge is -2.22. The molecule has 2 amide bonds. The standard InChI is InChI=1S/C14H18N4O3S/c19-13(17-4-1-2-5-17)9-7-18(11-3-6-21-12(9)11)14(20)10-8-22-16-15-10/h8-9,11-12H,1-7H2. The molecule has 3 aliphatic rings. The SMILES string of the molecule is O=C(C1CN(C(=O)c2csnn2)C2CCOC12)N1CCCC1. The molecule has 3 unspecified atom stereocenters. The van der Waals surface area contributed by atoms with Crippen LogP contribution in [0.2, 0.25) is 0 Å². The summed E-state index contributed by atoms with van der Waals surface area (Å²) >= 11 is 1.16. The van der Waals surface area contributed by atoms with Crippen LogP contribution in [0.25, 0.3) is 0 Å². The average molecular weight is 322 g/mol. The molecule has 4 rings (SSSR count). The highest BCUT2D eigenvalue weighted by Gasteiger charge is 2.51. The van der Waals surface area contributed by atoms with E-state index in [9.17, 15) is 9.59 Å². The van der Waals surface area contributed by atoms with Crippen LogP contribution in [0.5, 0.6) is 0 Å². The Morgan fingerprint density at radius 1 is 1.32 bits per heavy atom. The Morgan fingerprint density at radius 2 is 2.14 bits per heavy atom. The van der Waals surface area contributed by atoms with Crippen molar-refractivity contribution in [2.24, 2.45) is 5.92 Å². The highest BCUT2D eigenvalue weighted by atomic mass is 32.1. The van der Waals surface area contributed by atoms with Gasteiger partial charge in [-0.3, -0.25) is 9.59 Å². The van der Waals surface area contributed by atoms with Crippen LogP contribution in [0.3, 0.4) is 0 Å². The Labute approximate surface area is 132 Å². The molecule has 1 aromatic heterocycles. The van der Waals surface area contributed by atoms with Crippen molar-refractivity contribution in [2.45, 2.75) is 31.4 Å². The molecule has 0 bridgehead atoms. The predicted octanol–water partition coefficient (Wildman–Crippen LogP) is 0.390. The summed E-state index contributed by atoms with van der Waals surface area (Å²) < 4.78 is 9.55. The van der Waals surface area contributed by atoms with Gasteiger partial charge in [0.1, 0.15) is 0 Å². The zero-order valence-electron chi connectivity index (χ0n) is 12.2. The Balaban J connectivity index is 1.55. The molecular weight excluding hydrogens is 304 g/mol. The van der Waals surface area contributed by atoms with E-state index in [2.05, 4.69) is 9.59 Å². The molecular formula is C14H18N4O3S. The molecule has 7 nitrogen and oxygen atoms in total. The number of nitrogens with zero attached hydrogens (tertiary/aromatic N) is 4. The number of hydrogen-bond donors (Lipinski definition) is 0. The fourth-order valence-corrected chi connectivity index (χ4v) is 4.23. The lowest BCUT2D eigenvalue weighted by atomic mass is 10.0. The van der Waals surface area contributed by atoms with Crippen LogP contribution < -0.4 is 0 Å². The minimum Gasteiger partial charge on any atom is -0.375 e. The molecule has 1 aromatic rings. The highest BCUT2D eigenvalue weighted by molar-refractivity contribution is 7.03. The van der Waals surface area contributed by atoms with Gasteiger partial charge in [-0.1, -0.05) is 4.49 Å². The molecule has 22 heavy (non-hydrogen) atoms. The summed E-state index contributed by atoms with van der Waals surface area (Å²) in [7, 11) is 0. The lowest BCUT2D eigenvalue weighted by Crippen LogP contribution is -2.39. The molecule has 3 fully saturated rings. The van der Waals surface area contributed by atoms with E-state index in [-0.39, 0.29) is 29.9 Å². The second-order valence-corrected chi connectivity index (χ2v) is 6.69. The van der Waals surface area contributed by atoms with Gasteiger partial charge < -0.3 is 14.5 Å². The zero-order valence-corrected chi connectivity index (χ0v) is 13.0. The van der Waals surface area contributed by atoms with E-state index < -0.39 is 0 Å². The Kier molecular flexibility index (Phi) is 3.57. The molecule has 3 saturated heterocycles. The molecule has 4 heterocycles. The van der Waals surface area contributed by atoms with Gasteiger partial charge in [0.05, 0.1) is 18.1 Å². The number of ether oxygens (including phenoxy) is 1. The summed E-state index contributed by atoms with van der Waals surface area (Å²) in [6.45, 7) is 2.70. The molecule has 0 saturated carbocycles. The number of hydrogen-bond acceptors (Lipinski definition) is 6. The van der Waals surface area contributed by atoms with Crippen LogP contribution in [0.4, 0.5) is 0 Å². The highest BCUT2D eigenvalue weighted by Crippen LogP contribution is 2.35. The molecule has 0 aliphatic carbocycles. The monoisotopic (exact) mass is 322 g/mol. The van der Waals surface area contributed by atoms with Gasteiger partial charge in [0, 0.05) is 31.6 Å². The molecule has 0 spiro atoms. The molecule has 0 aromatic carbocycles. The van der Waals surface area contributed by atoms with Crippen LogP contribution in [0.1, 0.15) is 29.8 Å². The van der Waals surface area contributed by atoms with E-state index in [1.54, 1.807) is 10.3 Å². The smallest absolute Gasteiger partial charge is 0.275 e. The third-order valence-electron chi connectivity index (χ3n) is 4.87. The van der Waals surface area contributed by atoms with Gasteiger partial charge in [-0.15, -0.1) is 5.10 Å². The maximum Gasteiger partial charge on any atom is 0.275 e. The van der Waals surface area contributed by atoms with E-state index >= 15 is 0 Å². The van der Waals surface area contributed by atoms with Crippen LogP contribution >= 0.6 is 11.5 Å². The fourth-order valence-electron chi connectivity index (χ4n) is 3.80. The number of aromatic nitrogens is 2. The molecule has 3 aliphatic heterocycles.